The maximum Gasteiger partial charge on any atom is 1.00 e. The summed E-state index contributed by atoms with van der Waals surface area (Å²) in [5.41, 5.74) is 0. The van der Waals surface area contributed by atoms with Gasteiger partial charge in [-0.3, -0.25) is 0 Å². The molecule has 0 atom stereocenters. The predicted octanol–water partition coefficient (Wildman–Crippen LogP) is -2.90. The maximum atomic E-state index is 7.57. The Hall–Kier alpha value is 1.09. The van der Waals surface area contributed by atoms with E-state index in [1.165, 1.54) is 0 Å². The van der Waals surface area contributed by atoms with Crippen molar-refractivity contribution in [3.63, 3.8) is 0 Å². The number of nitrogens with zero attached hydrogens (tertiary/aromatic N) is 1. The van der Waals surface area contributed by atoms with Gasteiger partial charge in [0, 0.05) is 6.61 Å². The Morgan fingerprint density at radius 2 is 1.67 bits per heavy atom. The van der Waals surface area contributed by atoms with Gasteiger partial charge in [0.15, 0.2) is 0 Å². The molecule has 0 saturated heterocycles. The van der Waals surface area contributed by atoms with Crippen LogP contribution in [-0.2, 0) is 0 Å². The zero-order valence-electron chi connectivity index (χ0n) is 4.10. The fourth-order valence-corrected chi connectivity index (χ4v) is 0. The van der Waals surface area contributed by atoms with Gasteiger partial charge in [-0.25, -0.2) is 0 Å². The van der Waals surface area contributed by atoms with Gasteiger partial charge in [-0.2, -0.15) is 0 Å². The average molecular weight is 111 g/mol. The van der Waals surface area contributed by atoms with Crippen molar-refractivity contribution in [2.75, 3.05) is 6.61 Å². The van der Waals surface area contributed by atoms with Crippen molar-refractivity contribution < 1.29 is 56.5 Å². The summed E-state index contributed by atoms with van der Waals surface area (Å²) in [4.78, 5) is 0. The van der Waals surface area contributed by atoms with E-state index in [4.69, 9.17) is 16.9 Å². The Balaban J connectivity index is -0.0000000275. The van der Waals surface area contributed by atoms with Gasteiger partial charge in [0.25, 0.3) is 0 Å². The zero-order valence-corrected chi connectivity index (χ0v) is 7.22. The molecular weight excluding hydrogens is 105 g/mol. The van der Waals surface area contributed by atoms with Gasteiger partial charge in [0.1, 0.15) is 0 Å². The van der Waals surface area contributed by atoms with E-state index in [9.17, 15) is 0 Å². The molecule has 0 rings (SSSR count). The van der Waals surface area contributed by atoms with Crippen molar-refractivity contribution in [3.05, 3.63) is 6.57 Å². The third kappa shape index (κ3) is 72.0. The van der Waals surface area contributed by atoms with Crippen LogP contribution >= 0.6 is 0 Å². The Labute approximate surface area is 80.6 Å². The molecule has 1 N–H and O–H groups in total. The van der Waals surface area contributed by atoms with Crippen LogP contribution < -0.4 is 51.4 Å². The topological polar surface area (TPSA) is 44.0 Å². The summed E-state index contributed by atoms with van der Waals surface area (Å²) in [5, 5.41) is 13.8. The van der Waals surface area contributed by atoms with Crippen LogP contribution in [0.15, 0.2) is 0 Å². The molecule has 0 amide bonds. The summed E-state index contributed by atoms with van der Waals surface area (Å²) in [6, 6.07) is 0. The van der Waals surface area contributed by atoms with Gasteiger partial charge in [0.05, 0.1) is 0 Å². The molecular formula is C3H6KNO. The first-order chi connectivity index (χ1) is 2.41. The Morgan fingerprint density at radius 3 is 1.67 bits per heavy atom. The molecule has 0 bridgehead atoms. The van der Waals surface area contributed by atoms with Gasteiger partial charge in [-0.05, 0) is 6.92 Å². The van der Waals surface area contributed by atoms with Gasteiger partial charge in [0.2, 0.25) is 0 Å². The molecule has 0 aromatic heterocycles. The minimum Gasteiger partial charge on any atom is -0.512 e. The molecule has 3 heteroatoms. The molecule has 0 spiro atoms. The van der Waals surface area contributed by atoms with E-state index in [1.807, 2.05) is 0 Å². The fraction of sp³-hybridized carbons (Fsp3) is 0.667. The van der Waals surface area contributed by atoms with Crippen LogP contribution in [0.2, 0.25) is 0 Å². The van der Waals surface area contributed by atoms with E-state index < -0.39 is 0 Å². The molecule has 0 aliphatic heterocycles. The molecule has 2 nitrogen and oxygen atoms in total. The van der Waals surface area contributed by atoms with Crippen LogP contribution in [0.1, 0.15) is 6.92 Å². The van der Waals surface area contributed by atoms with E-state index >= 15 is 0 Å². The molecule has 0 aromatic carbocycles. The Bertz CT molecular complexity index is 22.0. The normalized spacial score (nSPS) is 3.33. The molecule has 6 heavy (non-hydrogen) atoms. The SMILES string of the molecule is CCO.[C-]#N.[K+]. The third-order valence-electron chi connectivity index (χ3n) is 0. The fourth-order valence-electron chi connectivity index (χ4n) is 0. The van der Waals surface area contributed by atoms with Gasteiger partial charge >= 0.3 is 51.4 Å². The second-order valence-electron chi connectivity index (χ2n) is 0.316. The molecule has 0 saturated carbocycles. The summed E-state index contributed by atoms with van der Waals surface area (Å²) in [7, 11) is 0. The second-order valence-corrected chi connectivity index (χ2v) is 0.316. The molecule has 30 valence electrons. The van der Waals surface area contributed by atoms with Crippen LogP contribution in [0.5, 0.6) is 0 Å². The van der Waals surface area contributed by atoms with Crippen molar-refractivity contribution >= 4 is 0 Å². The van der Waals surface area contributed by atoms with E-state index in [1.54, 1.807) is 6.92 Å². The van der Waals surface area contributed by atoms with E-state index in [2.05, 4.69) is 0 Å². The van der Waals surface area contributed by atoms with Gasteiger partial charge < -0.3 is 16.9 Å². The van der Waals surface area contributed by atoms with Crippen molar-refractivity contribution in [2.45, 2.75) is 6.92 Å². The second kappa shape index (κ2) is 36.2. The molecule has 0 fully saturated rings. The van der Waals surface area contributed by atoms with Crippen molar-refractivity contribution in [1.82, 2.24) is 0 Å². The summed E-state index contributed by atoms with van der Waals surface area (Å²) in [6.45, 7) is 6.68. The van der Waals surface area contributed by atoms with E-state index in [0.29, 0.717) is 0 Å². The first-order valence-electron chi connectivity index (χ1n) is 1.25. The van der Waals surface area contributed by atoms with Crippen LogP contribution in [0.4, 0.5) is 0 Å². The van der Waals surface area contributed by atoms with Crippen LogP contribution in [0.25, 0.3) is 0 Å². The summed E-state index contributed by atoms with van der Waals surface area (Å²) in [5.74, 6) is 0. The minimum atomic E-state index is 0. The standard InChI is InChI=1S/C2H6O.CN.K/c1-2-3;1-2;/h3H,2H2,1H3;;/q;-1;+1. The summed E-state index contributed by atoms with van der Waals surface area (Å²) < 4.78 is 0. The molecule has 0 heterocycles. The molecule has 0 aliphatic rings. The molecule has 0 unspecified atom stereocenters. The van der Waals surface area contributed by atoms with E-state index in [-0.39, 0.29) is 58.0 Å². The number of rotatable bonds is 0. The quantitative estimate of drug-likeness (QED) is 0.269. The maximum absolute atomic E-state index is 7.57. The number of aliphatic hydroxyl groups is 1. The van der Waals surface area contributed by atoms with Crippen LogP contribution in [0, 0.1) is 11.8 Å². The first kappa shape index (κ1) is 15.7. The molecule has 0 radical (unpaired) electrons. The van der Waals surface area contributed by atoms with Crippen molar-refractivity contribution in [2.24, 2.45) is 0 Å². The molecule has 0 aromatic rings. The van der Waals surface area contributed by atoms with Crippen molar-refractivity contribution in [3.8, 4) is 0 Å². The Kier molecular flexibility index (Phi) is 94.8. The smallest absolute Gasteiger partial charge is 0.512 e. The van der Waals surface area contributed by atoms with Gasteiger partial charge in [-0.1, -0.05) is 0 Å². The largest absolute Gasteiger partial charge is 1.00 e. The first-order valence-corrected chi connectivity index (χ1v) is 1.25. The zero-order chi connectivity index (χ0) is 4.71. The predicted molar refractivity (Wildman–Crippen MR) is 17.7 cm³/mol. The van der Waals surface area contributed by atoms with Gasteiger partial charge in [-0.15, -0.1) is 0 Å². The van der Waals surface area contributed by atoms with Crippen LogP contribution in [0.3, 0.4) is 0 Å². The average Bonchev–Trinajstić information content (AvgIpc) is 1.46. The molecule has 0 aliphatic carbocycles. The summed E-state index contributed by atoms with van der Waals surface area (Å²) in [6.07, 6.45) is 0. The van der Waals surface area contributed by atoms with Crippen molar-refractivity contribution in [1.29, 1.82) is 5.26 Å². The van der Waals surface area contributed by atoms with Crippen LogP contribution in [-0.4, -0.2) is 11.7 Å². The number of hydrogen-bond acceptors (Lipinski definition) is 2. The third-order valence-corrected chi connectivity index (χ3v) is 0. The monoisotopic (exact) mass is 111 g/mol. The number of aliphatic hydroxyl groups excluding tert-OH is 1. The minimum absolute atomic E-state index is 0. The summed E-state index contributed by atoms with van der Waals surface area (Å²) >= 11 is 0. The Morgan fingerprint density at radius 1 is 1.67 bits per heavy atom. The number of hydrogen-bond donors (Lipinski definition) is 1. The van der Waals surface area contributed by atoms with E-state index in [0.717, 1.165) is 0 Å².